The van der Waals surface area contributed by atoms with Crippen LogP contribution in [-0.4, -0.2) is 28.4 Å². The summed E-state index contributed by atoms with van der Waals surface area (Å²) in [4.78, 5) is 11.7. The summed E-state index contributed by atoms with van der Waals surface area (Å²) >= 11 is -0.224. The van der Waals surface area contributed by atoms with Crippen LogP contribution in [0.2, 0.25) is 0 Å². The lowest BCUT2D eigenvalue weighted by atomic mass is 10.1. The number of carbonyl (C=O) groups is 1. The highest BCUT2D eigenvalue weighted by Crippen LogP contribution is 2.36. The van der Waals surface area contributed by atoms with Crippen LogP contribution in [0.3, 0.4) is 0 Å². The van der Waals surface area contributed by atoms with E-state index in [9.17, 15) is 22.4 Å². The van der Waals surface area contributed by atoms with Crippen molar-refractivity contribution in [3.05, 3.63) is 82.7 Å². The first-order valence-corrected chi connectivity index (χ1v) is 9.91. The van der Waals surface area contributed by atoms with Gasteiger partial charge in [-0.05, 0) is 66.2 Å². The van der Waals surface area contributed by atoms with E-state index in [0.29, 0.717) is 23.4 Å². The largest absolute Gasteiger partial charge is 0.465 e. The summed E-state index contributed by atoms with van der Waals surface area (Å²) in [6, 6.07) is 13.8. The number of methoxy groups -OCH3 is 1. The Morgan fingerprint density at radius 2 is 1.87 bits per heavy atom. The first-order valence-electron chi connectivity index (χ1n) is 9.10. The van der Waals surface area contributed by atoms with E-state index in [0.717, 1.165) is 5.56 Å². The van der Waals surface area contributed by atoms with Gasteiger partial charge in [-0.3, -0.25) is 4.68 Å². The van der Waals surface area contributed by atoms with E-state index < -0.39 is 17.3 Å². The Morgan fingerprint density at radius 3 is 2.52 bits per heavy atom. The molecule has 3 aromatic rings. The van der Waals surface area contributed by atoms with Gasteiger partial charge in [-0.15, -0.1) is 0 Å². The number of aromatic nitrogens is 2. The number of esters is 1. The van der Waals surface area contributed by atoms with Crippen LogP contribution < -0.4 is 0 Å². The lowest BCUT2D eigenvalue weighted by Gasteiger charge is -2.06. The fourth-order valence-electron chi connectivity index (χ4n) is 2.86. The Kier molecular flexibility index (Phi) is 6.84. The number of alkyl halides is 3. The van der Waals surface area contributed by atoms with E-state index in [1.54, 1.807) is 35.9 Å². The second-order valence-electron chi connectivity index (χ2n) is 6.63. The smallest absolute Gasteiger partial charge is 0.446 e. The molecule has 0 amide bonds. The lowest BCUT2D eigenvalue weighted by Crippen LogP contribution is -2.06. The Morgan fingerprint density at radius 1 is 1.16 bits per heavy atom. The molecule has 9 heteroatoms. The Hall–Kier alpha value is -3.07. The van der Waals surface area contributed by atoms with Gasteiger partial charge in [0.15, 0.2) is 5.83 Å². The maximum Gasteiger partial charge on any atom is 0.446 e. The molecule has 4 nitrogen and oxygen atoms in total. The maximum atomic E-state index is 14.7. The molecule has 1 heterocycles. The van der Waals surface area contributed by atoms with Gasteiger partial charge in [-0.2, -0.15) is 18.3 Å². The third-order valence-corrected chi connectivity index (χ3v) is 5.05. The molecule has 0 N–H and O–H groups in total. The van der Waals surface area contributed by atoms with E-state index >= 15 is 0 Å². The second-order valence-corrected chi connectivity index (χ2v) is 7.77. The average molecular weight is 450 g/mol. The molecule has 0 spiro atoms. The standard InChI is InChI=1S/C22H18F4N2O2S/c1-14-10-20(19(23)12-15-6-8-18(9-7-15)31-22(24,25)26)27-28(14)13-16-4-3-5-17(11-16)21(29)30-2/h3-12H,13H2,1-2H3/b19-12-. The molecular formula is C22H18F4N2O2S. The summed E-state index contributed by atoms with van der Waals surface area (Å²) in [6.07, 6.45) is 1.21. The summed E-state index contributed by atoms with van der Waals surface area (Å²) in [5, 5.41) is 4.27. The molecule has 162 valence electrons. The number of nitrogens with zero attached hydrogens (tertiary/aromatic N) is 2. The minimum absolute atomic E-state index is 0.0272. The maximum absolute atomic E-state index is 14.7. The van der Waals surface area contributed by atoms with Gasteiger partial charge in [0, 0.05) is 10.6 Å². The fourth-order valence-corrected chi connectivity index (χ4v) is 3.40. The van der Waals surface area contributed by atoms with Crippen LogP contribution in [0.25, 0.3) is 11.9 Å². The average Bonchev–Trinajstić information content (AvgIpc) is 3.08. The summed E-state index contributed by atoms with van der Waals surface area (Å²) in [5.74, 6) is -1.06. The van der Waals surface area contributed by atoms with E-state index in [1.165, 1.54) is 37.5 Å². The van der Waals surface area contributed by atoms with Crippen molar-refractivity contribution in [3.63, 3.8) is 0 Å². The Balaban J connectivity index is 1.76. The van der Waals surface area contributed by atoms with E-state index in [-0.39, 0.29) is 22.4 Å². The molecule has 0 saturated carbocycles. The molecule has 2 aromatic carbocycles. The van der Waals surface area contributed by atoms with Crippen LogP contribution in [0.4, 0.5) is 17.6 Å². The summed E-state index contributed by atoms with van der Waals surface area (Å²) in [6.45, 7) is 2.10. The van der Waals surface area contributed by atoms with Crippen molar-refractivity contribution >= 4 is 29.6 Å². The van der Waals surface area contributed by atoms with Gasteiger partial charge in [0.2, 0.25) is 0 Å². The van der Waals surface area contributed by atoms with E-state index in [4.69, 9.17) is 4.74 Å². The molecule has 3 rings (SSSR count). The van der Waals surface area contributed by atoms with Gasteiger partial charge >= 0.3 is 11.5 Å². The van der Waals surface area contributed by atoms with Crippen LogP contribution in [0.1, 0.15) is 32.9 Å². The number of carbonyl (C=O) groups excluding carboxylic acids is 1. The van der Waals surface area contributed by atoms with Crippen molar-refractivity contribution in [3.8, 4) is 0 Å². The number of ether oxygens (including phenoxy) is 1. The molecule has 0 saturated heterocycles. The molecule has 0 unspecified atom stereocenters. The first kappa shape index (κ1) is 22.6. The normalized spacial score (nSPS) is 12.1. The molecule has 0 aliphatic carbocycles. The van der Waals surface area contributed by atoms with Crippen molar-refractivity contribution in [1.82, 2.24) is 9.78 Å². The van der Waals surface area contributed by atoms with Gasteiger partial charge in [0.05, 0.1) is 19.2 Å². The van der Waals surface area contributed by atoms with Crippen LogP contribution in [0, 0.1) is 6.92 Å². The molecule has 0 atom stereocenters. The fraction of sp³-hybridized carbons (Fsp3) is 0.182. The molecule has 1 aromatic heterocycles. The van der Waals surface area contributed by atoms with Crippen LogP contribution in [-0.2, 0) is 11.3 Å². The molecule has 0 bridgehead atoms. The zero-order valence-corrected chi connectivity index (χ0v) is 17.4. The highest BCUT2D eigenvalue weighted by atomic mass is 32.2. The highest BCUT2D eigenvalue weighted by Gasteiger charge is 2.29. The van der Waals surface area contributed by atoms with Crippen LogP contribution in [0.15, 0.2) is 59.5 Å². The zero-order valence-electron chi connectivity index (χ0n) is 16.6. The molecule has 0 radical (unpaired) electrons. The molecule has 0 aliphatic heterocycles. The van der Waals surface area contributed by atoms with Crippen molar-refractivity contribution in [1.29, 1.82) is 0 Å². The minimum atomic E-state index is -4.37. The number of benzene rings is 2. The molecule has 31 heavy (non-hydrogen) atoms. The number of hydrogen-bond donors (Lipinski definition) is 0. The Labute approximate surface area is 180 Å². The quantitative estimate of drug-likeness (QED) is 0.258. The number of aryl methyl sites for hydroxylation is 1. The molecular weight excluding hydrogens is 432 g/mol. The van der Waals surface area contributed by atoms with Gasteiger partial charge in [0.1, 0.15) is 5.69 Å². The van der Waals surface area contributed by atoms with E-state index in [2.05, 4.69) is 5.10 Å². The van der Waals surface area contributed by atoms with Crippen LogP contribution >= 0.6 is 11.8 Å². The van der Waals surface area contributed by atoms with Gasteiger partial charge in [-0.25, -0.2) is 9.18 Å². The summed E-state index contributed by atoms with van der Waals surface area (Å²) < 4.78 is 58.2. The Bertz CT molecular complexity index is 1110. The third kappa shape index (κ3) is 6.21. The van der Waals surface area contributed by atoms with E-state index in [1.807, 2.05) is 6.07 Å². The van der Waals surface area contributed by atoms with Crippen LogP contribution in [0.5, 0.6) is 0 Å². The van der Waals surface area contributed by atoms with Crippen molar-refractivity contribution < 1.29 is 27.1 Å². The monoisotopic (exact) mass is 450 g/mol. The van der Waals surface area contributed by atoms with Gasteiger partial charge in [-0.1, -0.05) is 24.3 Å². The first-order chi connectivity index (χ1) is 14.6. The SMILES string of the molecule is COC(=O)c1cccc(Cn2nc(/C(F)=C/c3ccc(SC(F)(F)F)cc3)cc2C)c1. The number of hydrogen-bond acceptors (Lipinski definition) is 4. The van der Waals surface area contributed by atoms with Crippen molar-refractivity contribution in [2.45, 2.75) is 23.9 Å². The summed E-state index contributed by atoms with van der Waals surface area (Å²) in [5.41, 5.74) is -1.94. The van der Waals surface area contributed by atoms with Gasteiger partial charge < -0.3 is 4.74 Å². The van der Waals surface area contributed by atoms with Crippen molar-refractivity contribution in [2.75, 3.05) is 7.11 Å². The predicted octanol–water partition coefficient (Wildman–Crippen LogP) is 6.11. The molecule has 0 aliphatic rings. The van der Waals surface area contributed by atoms with Gasteiger partial charge in [0.25, 0.3) is 0 Å². The molecule has 0 fully saturated rings. The number of thioether (sulfide) groups is 1. The van der Waals surface area contributed by atoms with Crippen molar-refractivity contribution in [2.24, 2.45) is 0 Å². The minimum Gasteiger partial charge on any atom is -0.465 e. The summed E-state index contributed by atoms with van der Waals surface area (Å²) in [7, 11) is 1.30. The second kappa shape index (κ2) is 9.38. The zero-order chi connectivity index (χ0) is 22.6. The third-order valence-electron chi connectivity index (χ3n) is 4.31. The topological polar surface area (TPSA) is 44.1 Å². The highest BCUT2D eigenvalue weighted by molar-refractivity contribution is 8.00. The number of halogens is 4. The predicted molar refractivity (Wildman–Crippen MR) is 111 cm³/mol. The lowest BCUT2D eigenvalue weighted by molar-refractivity contribution is -0.0328. The number of rotatable bonds is 6.